The van der Waals surface area contributed by atoms with Crippen molar-refractivity contribution >= 4 is 0 Å². The van der Waals surface area contributed by atoms with Crippen LogP contribution in [0.15, 0.2) is 71.3 Å². The lowest BCUT2D eigenvalue weighted by Crippen LogP contribution is -2.20. The highest BCUT2D eigenvalue weighted by atomic mass is 19.1. The molecule has 2 nitrogen and oxygen atoms in total. The molecule has 1 atom stereocenters. The fourth-order valence-corrected chi connectivity index (χ4v) is 3.89. The summed E-state index contributed by atoms with van der Waals surface area (Å²) < 4.78 is 18.6. The number of hydrogen-bond donors (Lipinski definition) is 0. The fourth-order valence-electron chi connectivity index (χ4n) is 3.89. The van der Waals surface area contributed by atoms with Crippen molar-refractivity contribution in [3.8, 4) is 11.3 Å². The Balaban J connectivity index is 1.34. The lowest BCUT2D eigenvalue weighted by atomic mass is 9.99. The zero-order valence-electron chi connectivity index (χ0n) is 14.9. The normalized spacial score (nSPS) is 17.7. The first-order valence-corrected chi connectivity index (χ1v) is 9.36. The van der Waals surface area contributed by atoms with E-state index >= 15 is 0 Å². The number of aryl methyl sites for hydroxylation is 1. The van der Waals surface area contributed by atoms with Crippen molar-refractivity contribution in [2.45, 2.75) is 25.8 Å². The van der Waals surface area contributed by atoms with Crippen LogP contribution in [0.25, 0.3) is 11.3 Å². The molecule has 0 radical (unpaired) electrons. The van der Waals surface area contributed by atoms with Gasteiger partial charge in [0.05, 0.1) is 6.26 Å². The first-order chi connectivity index (χ1) is 12.8. The second-order valence-corrected chi connectivity index (χ2v) is 7.19. The Morgan fingerprint density at radius 1 is 1.00 bits per heavy atom. The van der Waals surface area contributed by atoms with Gasteiger partial charge in [0.15, 0.2) is 0 Å². The highest BCUT2D eigenvalue weighted by Gasteiger charge is 2.23. The van der Waals surface area contributed by atoms with Gasteiger partial charge in [0.25, 0.3) is 0 Å². The Bertz CT molecular complexity index is 826. The molecule has 1 fully saturated rings. The van der Waals surface area contributed by atoms with Crippen LogP contribution < -0.4 is 0 Å². The second-order valence-electron chi connectivity index (χ2n) is 7.19. The van der Waals surface area contributed by atoms with Crippen LogP contribution in [-0.2, 0) is 13.0 Å². The lowest BCUT2D eigenvalue weighted by molar-refractivity contribution is 0.313. The molecule has 0 amide bonds. The van der Waals surface area contributed by atoms with Crippen LogP contribution >= 0.6 is 0 Å². The van der Waals surface area contributed by atoms with E-state index in [4.69, 9.17) is 4.42 Å². The summed E-state index contributed by atoms with van der Waals surface area (Å²) in [7, 11) is 0. The van der Waals surface area contributed by atoms with E-state index < -0.39 is 0 Å². The molecule has 4 rings (SSSR count). The summed E-state index contributed by atoms with van der Waals surface area (Å²) in [6.45, 7) is 3.23. The van der Waals surface area contributed by atoms with Crippen molar-refractivity contribution in [2.75, 3.05) is 13.1 Å². The third kappa shape index (κ3) is 4.05. The van der Waals surface area contributed by atoms with Crippen LogP contribution in [0.2, 0.25) is 0 Å². The van der Waals surface area contributed by atoms with Crippen LogP contribution in [0.4, 0.5) is 4.39 Å². The number of nitrogens with zero attached hydrogens (tertiary/aromatic N) is 1. The van der Waals surface area contributed by atoms with E-state index in [0.29, 0.717) is 0 Å². The standard InChI is InChI=1S/C23H24FNO/c24-21-11-9-18(10-12-21)7-8-19-13-14-25(16-19)17-20-4-1-2-5-22(20)23-6-3-15-26-23/h1-6,9-12,15,19H,7-8,13-14,16-17H2. The Kier molecular flexibility index (Phi) is 5.16. The van der Waals surface area contributed by atoms with E-state index in [9.17, 15) is 4.39 Å². The van der Waals surface area contributed by atoms with Gasteiger partial charge >= 0.3 is 0 Å². The maximum absolute atomic E-state index is 13.0. The second kappa shape index (κ2) is 7.88. The fraction of sp³-hybridized carbons (Fsp3) is 0.304. The Hall–Kier alpha value is -2.39. The van der Waals surface area contributed by atoms with Crippen molar-refractivity contribution in [3.05, 3.63) is 83.9 Å². The molecule has 3 aromatic rings. The van der Waals surface area contributed by atoms with E-state index in [-0.39, 0.29) is 5.82 Å². The SMILES string of the molecule is Fc1ccc(CCC2CCN(Cc3ccccc3-c3ccco3)C2)cc1. The molecular formula is C23H24FNO. The topological polar surface area (TPSA) is 16.4 Å². The predicted octanol–water partition coefficient (Wildman–Crippen LogP) is 5.54. The minimum Gasteiger partial charge on any atom is -0.464 e. The van der Waals surface area contributed by atoms with E-state index in [1.165, 1.54) is 29.5 Å². The number of benzene rings is 2. The quantitative estimate of drug-likeness (QED) is 0.581. The van der Waals surface area contributed by atoms with Gasteiger partial charge in [0.2, 0.25) is 0 Å². The number of furan rings is 1. The van der Waals surface area contributed by atoms with Crippen molar-refractivity contribution in [1.29, 1.82) is 0 Å². The summed E-state index contributed by atoms with van der Waals surface area (Å²) >= 11 is 0. The van der Waals surface area contributed by atoms with Crippen molar-refractivity contribution in [3.63, 3.8) is 0 Å². The zero-order valence-corrected chi connectivity index (χ0v) is 14.9. The maximum Gasteiger partial charge on any atom is 0.134 e. The first kappa shape index (κ1) is 17.0. The molecule has 26 heavy (non-hydrogen) atoms. The average molecular weight is 349 g/mol. The van der Waals surface area contributed by atoms with Gasteiger partial charge in [-0.2, -0.15) is 0 Å². The van der Waals surface area contributed by atoms with Gasteiger partial charge in [-0.1, -0.05) is 36.4 Å². The molecular weight excluding hydrogens is 325 g/mol. The molecule has 1 saturated heterocycles. The van der Waals surface area contributed by atoms with E-state index in [2.05, 4.69) is 29.2 Å². The molecule has 0 N–H and O–H groups in total. The smallest absolute Gasteiger partial charge is 0.134 e. The average Bonchev–Trinajstić information content (AvgIpc) is 3.34. The van der Waals surface area contributed by atoms with E-state index in [1.54, 1.807) is 18.4 Å². The Labute approximate surface area is 154 Å². The van der Waals surface area contributed by atoms with Gasteiger partial charge in [-0.15, -0.1) is 0 Å². The molecule has 0 bridgehead atoms. The Morgan fingerprint density at radius 2 is 1.85 bits per heavy atom. The van der Waals surface area contributed by atoms with Gasteiger partial charge in [0, 0.05) is 18.7 Å². The van der Waals surface area contributed by atoms with Gasteiger partial charge in [-0.05, 0) is 67.1 Å². The molecule has 1 aliphatic heterocycles. The van der Waals surface area contributed by atoms with Crippen LogP contribution in [0.5, 0.6) is 0 Å². The van der Waals surface area contributed by atoms with E-state index in [0.717, 1.165) is 37.7 Å². The monoisotopic (exact) mass is 349 g/mol. The highest BCUT2D eigenvalue weighted by Crippen LogP contribution is 2.28. The molecule has 134 valence electrons. The molecule has 0 spiro atoms. The Morgan fingerprint density at radius 3 is 2.65 bits per heavy atom. The zero-order chi connectivity index (χ0) is 17.8. The number of halogens is 1. The minimum absolute atomic E-state index is 0.156. The summed E-state index contributed by atoms with van der Waals surface area (Å²) in [6, 6.07) is 19.4. The van der Waals surface area contributed by atoms with Crippen LogP contribution in [-0.4, -0.2) is 18.0 Å². The minimum atomic E-state index is -0.156. The van der Waals surface area contributed by atoms with Gasteiger partial charge < -0.3 is 4.42 Å². The van der Waals surface area contributed by atoms with Crippen LogP contribution in [0.3, 0.4) is 0 Å². The summed E-state index contributed by atoms with van der Waals surface area (Å²) in [5, 5.41) is 0. The molecule has 2 aromatic carbocycles. The molecule has 1 unspecified atom stereocenters. The van der Waals surface area contributed by atoms with Gasteiger partial charge in [-0.3, -0.25) is 4.90 Å². The molecule has 2 heterocycles. The number of rotatable bonds is 6. The van der Waals surface area contributed by atoms with Crippen molar-refractivity contribution in [1.82, 2.24) is 4.90 Å². The maximum atomic E-state index is 13.0. The highest BCUT2D eigenvalue weighted by molar-refractivity contribution is 5.61. The van der Waals surface area contributed by atoms with Gasteiger partial charge in [0.1, 0.15) is 11.6 Å². The van der Waals surface area contributed by atoms with E-state index in [1.807, 2.05) is 24.3 Å². The van der Waals surface area contributed by atoms with Crippen molar-refractivity contribution < 1.29 is 8.81 Å². The molecule has 0 aliphatic carbocycles. The largest absolute Gasteiger partial charge is 0.464 e. The van der Waals surface area contributed by atoms with Crippen LogP contribution in [0.1, 0.15) is 24.0 Å². The first-order valence-electron chi connectivity index (χ1n) is 9.36. The summed E-state index contributed by atoms with van der Waals surface area (Å²) in [5.74, 6) is 1.50. The third-order valence-corrected chi connectivity index (χ3v) is 5.32. The third-order valence-electron chi connectivity index (χ3n) is 5.32. The summed E-state index contributed by atoms with van der Waals surface area (Å²) in [5.41, 5.74) is 3.74. The van der Waals surface area contributed by atoms with Crippen molar-refractivity contribution in [2.24, 2.45) is 5.92 Å². The van der Waals surface area contributed by atoms with Crippen LogP contribution in [0, 0.1) is 11.7 Å². The lowest BCUT2D eigenvalue weighted by Gasteiger charge is -2.18. The van der Waals surface area contributed by atoms with Gasteiger partial charge in [-0.25, -0.2) is 4.39 Å². The number of hydrogen-bond acceptors (Lipinski definition) is 2. The number of likely N-dealkylation sites (tertiary alicyclic amines) is 1. The molecule has 3 heteroatoms. The summed E-state index contributed by atoms with van der Waals surface area (Å²) in [4.78, 5) is 2.54. The molecule has 0 saturated carbocycles. The summed E-state index contributed by atoms with van der Waals surface area (Å²) in [6.07, 6.45) is 5.17. The molecule has 1 aliphatic rings. The predicted molar refractivity (Wildman–Crippen MR) is 102 cm³/mol. The molecule has 1 aromatic heterocycles.